The van der Waals surface area contributed by atoms with Crippen molar-refractivity contribution in [3.05, 3.63) is 54.9 Å². The SMILES string of the molecule is CC(C)(C)OC=O.c1cc(OCc2n[nH]c(-c3ccncc3)n2)ccn1. The van der Waals surface area contributed by atoms with Crippen molar-refractivity contribution in [1.29, 1.82) is 0 Å². The monoisotopic (exact) mass is 355 g/mol. The number of ether oxygens (including phenoxy) is 2. The zero-order chi connectivity index (χ0) is 18.8. The predicted molar refractivity (Wildman–Crippen MR) is 95.1 cm³/mol. The summed E-state index contributed by atoms with van der Waals surface area (Å²) in [5.41, 5.74) is 0.625. The maximum Gasteiger partial charge on any atom is 0.293 e. The van der Waals surface area contributed by atoms with Gasteiger partial charge in [0, 0.05) is 30.4 Å². The van der Waals surface area contributed by atoms with E-state index in [9.17, 15) is 4.79 Å². The van der Waals surface area contributed by atoms with Crippen LogP contribution in [0.15, 0.2) is 49.1 Å². The van der Waals surface area contributed by atoms with Crippen molar-refractivity contribution in [3.8, 4) is 17.1 Å². The molecule has 0 atom stereocenters. The van der Waals surface area contributed by atoms with Crippen LogP contribution in [0.25, 0.3) is 11.4 Å². The molecule has 3 rings (SSSR count). The standard InChI is InChI=1S/C13H11N5O.C5H10O2/c1-5-14-6-2-10(1)13-16-12(17-18-13)9-19-11-3-7-15-8-4-11;1-5(2,3)7-4-6/h1-8H,9H2,(H,16,17,18);4H,1-3H3. The second-order valence-electron chi connectivity index (χ2n) is 6.13. The van der Waals surface area contributed by atoms with Gasteiger partial charge in [0.25, 0.3) is 6.47 Å². The number of carbonyl (C=O) groups excluding carboxylic acids is 1. The molecule has 0 aliphatic rings. The number of hydrogen-bond acceptors (Lipinski definition) is 7. The topological polar surface area (TPSA) is 103 Å². The van der Waals surface area contributed by atoms with Gasteiger partial charge in [0.15, 0.2) is 11.6 Å². The van der Waals surface area contributed by atoms with Crippen LogP contribution in [0.5, 0.6) is 5.75 Å². The summed E-state index contributed by atoms with van der Waals surface area (Å²) in [5, 5.41) is 6.99. The van der Waals surface area contributed by atoms with Crippen molar-refractivity contribution in [2.24, 2.45) is 0 Å². The van der Waals surface area contributed by atoms with E-state index in [1.54, 1.807) is 36.9 Å². The van der Waals surface area contributed by atoms with Gasteiger partial charge in [-0.15, -0.1) is 0 Å². The van der Waals surface area contributed by atoms with Crippen LogP contribution in [-0.4, -0.2) is 37.2 Å². The average Bonchev–Trinajstić information content (AvgIpc) is 3.10. The number of pyridine rings is 2. The number of H-pyrrole nitrogens is 1. The minimum atomic E-state index is -0.318. The first-order valence-corrected chi connectivity index (χ1v) is 7.94. The Morgan fingerprint density at radius 1 is 1.04 bits per heavy atom. The molecule has 0 aromatic carbocycles. The Balaban J connectivity index is 0.000000298. The zero-order valence-electron chi connectivity index (χ0n) is 14.9. The van der Waals surface area contributed by atoms with Gasteiger partial charge in [0.1, 0.15) is 18.0 Å². The van der Waals surface area contributed by atoms with Gasteiger partial charge in [0.05, 0.1) is 0 Å². The van der Waals surface area contributed by atoms with Crippen LogP contribution >= 0.6 is 0 Å². The highest BCUT2D eigenvalue weighted by atomic mass is 16.5. The van der Waals surface area contributed by atoms with Crippen LogP contribution < -0.4 is 4.74 Å². The fourth-order valence-corrected chi connectivity index (χ4v) is 1.73. The number of nitrogens with zero attached hydrogens (tertiary/aromatic N) is 4. The molecule has 0 fully saturated rings. The summed E-state index contributed by atoms with van der Waals surface area (Å²) >= 11 is 0. The quantitative estimate of drug-likeness (QED) is 0.702. The van der Waals surface area contributed by atoms with Crippen LogP contribution in [0.2, 0.25) is 0 Å². The number of hydrogen-bond donors (Lipinski definition) is 1. The fourth-order valence-electron chi connectivity index (χ4n) is 1.73. The lowest BCUT2D eigenvalue weighted by Gasteiger charge is -2.14. The van der Waals surface area contributed by atoms with E-state index in [1.807, 2.05) is 32.9 Å². The van der Waals surface area contributed by atoms with Gasteiger partial charge < -0.3 is 9.47 Å². The highest BCUT2D eigenvalue weighted by Crippen LogP contribution is 2.14. The van der Waals surface area contributed by atoms with Crippen molar-refractivity contribution in [2.75, 3.05) is 0 Å². The van der Waals surface area contributed by atoms with E-state index in [-0.39, 0.29) is 5.60 Å². The molecular weight excluding hydrogens is 334 g/mol. The van der Waals surface area contributed by atoms with E-state index in [0.717, 1.165) is 11.3 Å². The molecule has 0 saturated heterocycles. The molecule has 3 aromatic rings. The first-order valence-electron chi connectivity index (χ1n) is 7.94. The largest absolute Gasteiger partial charge is 0.485 e. The Labute approximate surface area is 151 Å². The van der Waals surface area contributed by atoms with Crippen molar-refractivity contribution in [1.82, 2.24) is 25.1 Å². The van der Waals surface area contributed by atoms with Gasteiger partial charge in [-0.05, 0) is 45.0 Å². The van der Waals surface area contributed by atoms with Crippen LogP contribution in [0.1, 0.15) is 26.6 Å². The second-order valence-corrected chi connectivity index (χ2v) is 6.13. The number of aromatic nitrogens is 5. The lowest BCUT2D eigenvalue weighted by atomic mass is 10.2. The third kappa shape index (κ3) is 6.68. The Hall–Kier alpha value is -3.29. The van der Waals surface area contributed by atoms with E-state index in [0.29, 0.717) is 24.7 Å². The van der Waals surface area contributed by atoms with E-state index in [4.69, 9.17) is 4.74 Å². The number of rotatable bonds is 5. The molecule has 136 valence electrons. The second kappa shape index (κ2) is 9.26. The highest BCUT2D eigenvalue weighted by molar-refractivity contribution is 5.52. The highest BCUT2D eigenvalue weighted by Gasteiger charge is 2.07. The average molecular weight is 355 g/mol. The zero-order valence-corrected chi connectivity index (χ0v) is 14.9. The molecule has 0 aliphatic heterocycles. The molecule has 3 aromatic heterocycles. The van der Waals surface area contributed by atoms with Gasteiger partial charge in [0.2, 0.25) is 0 Å². The van der Waals surface area contributed by atoms with E-state index < -0.39 is 0 Å². The molecule has 0 aliphatic carbocycles. The van der Waals surface area contributed by atoms with E-state index in [2.05, 4.69) is 29.9 Å². The first kappa shape index (κ1) is 19.0. The minimum absolute atomic E-state index is 0.311. The molecular formula is C18H21N5O3. The summed E-state index contributed by atoms with van der Waals surface area (Å²) in [4.78, 5) is 21.8. The van der Waals surface area contributed by atoms with Crippen molar-refractivity contribution < 1.29 is 14.3 Å². The van der Waals surface area contributed by atoms with Gasteiger partial charge in [-0.25, -0.2) is 4.98 Å². The normalized spacial score (nSPS) is 10.4. The van der Waals surface area contributed by atoms with E-state index >= 15 is 0 Å². The summed E-state index contributed by atoms with van der Waals surface area (Å²) in [6.07, 6.45) is 6.78. The van der Waals surface area contributed by atoms with Crippen LogP contribution in [-0.2, 0) is 16.1 Å². The molecule has 0 saturated carbocycles. The Kier molecular flexibility index (Phi) is 6.78. The maximum absolute atomic E-state index is 9.60. The molecule has 0 radical (unpaired) electrons. The van der Waals surface area contributed by atoms with Crippen LogP contribution in [0.3, 0.4) is 0 Å². The summed E-state index contributed by atoms with van der Waals surface area (Å²) < 4.78 is 10.1. The number of carbonyl (C=O) groups is 1. The number of aromatic amines is 1. The lowest BCUT2D eigenvalue weighted by Crippen LogP contribution is -2.17. The summed E-state index contributed by atoms with van der Waals surface area (Å²) in [7, 11) is 0. The fraction of sp³-hybridized carbons (Fsp3) is 0.278. The first-order chi connectivity index (χ1) is 12.5. The molecule has 0 bridgehead atoms. The maximum atomic E-state index is 9.60. The Morgan fingerprint density at radius 3 is 2.19 bits per heavy atom. The van der Waals surface area contributed by atoms with E-state index in [1.165, 1.54) is 0 Å². The number of nitrogens with one attached hydrogen (secondary N) is 1. The van der Waals surface area contributed by atoms with Crippen molar-refractivity contribution in [3.63, 3.8) is 0 Å². The molecule has 8 nitrogen and oxygen atoms in total. The summed E-state index contributed by atoms with van der Waals surface area (Å²) in [6.45, 7) is 6.23. The summed E-state index contributed by atoms with van der Waals surface area (Å²) in [6, 6.07) is 7.31. The molecule has 0 amide bonds. The third-order valence-electron chi connectivity index (χ3n) is 2.90. The third-order valence-corrected chi connectivity index (χ3v) is 2.90. The van der Waals surface area contributed by atoms with Crippen LogP contribution in [0, 0.1) is 0 Å². The van der Waals surface area contributed by atoms with Gasteiger partial charge >= 0.3 is 0 Å². The molecule has 3 heterocycles. The molecule has 0 unspecified atom stereocenters. The molecule has 0 spiro atoms. The van der Waals surface area contributed by atoms with Crippen LogP contribution in [0.4, 0.5) is 0 Å². The molecule has 8 heteroatoms. The van der Waals surface area contributed by atoms with Crippen molar-refractivity contribution in [2.45, 2.75) is 33.0 Å². The lowest BCUT2D eigenvalue weighted by molar-refractivity contribution is -0.138. The summed E-state index contributed by atoms with van der Waals surface area (Å²) in [5.74, 6) is 2.05. The van der Waals surface area contributed by atoms with Gasteiger partial charge in [-0.1, -0.05) is 0 Å². The Bertz CT molecular complexity index is 785. The van der Waals surface area contributed by atoms with Crippen molar-refractivity contribution >= 4 is 6.47 Å². The molecule has 1 N–H and O–H groups in total. The Morgan fingerprint density at radius 2 is 1.65 bits per heavy atom. The predicted octanol–water partition coefficient (Wildman–Crippen LogP) is 2.80. The smallest absolute Gasteiger partial charge is 0.293 e. The van der Waals surface area contributed by atoms with Gasteiger partial charge in [-0.2, -0.15) is 5.10 Å². The van der Waals surface area contributed by atoms with Gasteiger partial charge in [-0.3, -0.25) is 19.9 Å². The minimum Gasteiger partial charge on any atom is -0.485 e. The molecule has 26 heavy (non-hydrogen) atoms.